The fourth-order valence-corrected chi connectivity index (χ4v) is 6.23. The average Bonchev–Trinajstić information content (AvgIpc) is 3.13. The standard InChI is InChI=1S/C22H40O2/c1-5-18(13-16(3)4)22-12-9-17(14-19(22)15-22)20(23)24-21(6-2)10-7-8-11-21/h16-20,23H,5-15H2,1-4H3. The number of aliphatic hydroxyl groups excluding tert-OH is 1. The van der Waals surface area contributed by atoms with Crippen molar-refractivity contribution in [2.45, 2.75) is 110 Å². The molecule has 0 amide bonds. The zero-order valence-corrected chi connectivity index (χ0v) is 16.5. The Labute approximate surface area is 149 Å². The Morgan fingerprint density at radius 2 is 1.83 bits per heavy atom. The van der Waals surface area contributed by atoms with Crippen LogP contribution >= 0.6 is 0 Å². The van der Waals surface area contributed by atoms with Crippen LogP contribution in [0.2, 0.25) is 0 Å². The van der Waals surface area contributed by atoms with Gasteiger partial charge in [-0.15, -0.1) is 0 Å². The molecule has 5 unspecified atom stereocenters. The lowest BCUT2D eigenvalue weighted by Gasteiger charge is -2.39. The van der Waals surface area contributed by atoms with Gasteiger partial charge in [0.25, 0.3) is 0 Å². The molecule has 0 heterocycles. The number of hydrogen-bond donors (Lipinski definition) is 1. The lowest BCUT2D eigenvalue weighted by atomic mass is 9.71. The van der Waals surface area contributed by atoms with Crippen molar-refractivity contribution in [3.05, 3.63) is 0 Å². The van der Waals surface area contributed by atoms with Crippen molar-refractivity contribution in [1.82, 2.24) is 0 Å². The molecule has 0 saturated heterocycles. The molecule has 2 nitrogen and oxygen atoms in total. The number of fused-ring (bicyclic) bond motifs is 1. The molecular formula is C22H40O2. The van der Waals surface area contributed by atoms with Crippen LogP contribution in [0.15, 0.2) is 0 Å². The van der Waals surface area contributed by atoms with Gasteiger partial charge in [-0.3, -0.25) is 0 Å². The van der Waals surface area contributed by atoms with Crippen LogP contribution in [0.3, 0.4) is 0 Å². The predicted octanol–water partition coefficient (Wildman–Crippen LogP) is 5.92. The molecule has 0 bridgehead atoms. The fraction of sp³-hybridized carbons (Fsp3) is 1.00. The molecule has 0 radical (unpaired) electrons. The summed E-state index contributed by atoms with van der Waals surface area (Å²) < 4.78 is 6.29. The second-order valence-corrected chi connectivity index (χ2v) is 9.66. The molecule has 2 heteroatoms. The molecule has 140 valence electrons. The molecule has 3 fully saturated rings. The monoisotopic (exact) mass is 336 g/mol. The van der Waals surface area contributed by atoms with Crippen LogP contribution in [0.1, 0.15) is 98.3 Å². The van der Waals surface area contributed by atoms with E-state index in [0.717, 1.165) is 37.0 Å². The van der Waals surface area contributed by atoms with Crippen molar-refractivity contribution >= 4 is 0 Å². The zero-order chi connectivity index (χ0) is 17.4. The second kappa shape index (κ2) is 7.27. The normalized spacial score (nSPS) is 37.2. The molecule has 0 aliphatic heterocycles. The average molecular weight is 337 g/mol. The van der Waals surface area contributed by atoms with Gasteiger partial charge in [0.1, 0.15) is 0 Å². The summed E-state index contributed by atoms with van der Waals surface area (Å²) in [5.74, 6) is 2.95. The summed E-state index contributed by atoms with van der Waals surface area (Å²) in [6.07, 6.45) is 13.2. The van der Waals surface area contributed by atoms with E-state index in [4.69, 9.17) is 4.74 Å². The summed E-state index contributed by atoms with van der Waals surface area (Å²) in [5, 5.41) is 10.8. The summed E-state index contributed by atoms with van der Waals surface area (Å²) in [7, 11) is 0. The highest BCUT2D eigenvalue weighted by molar-refractivity contribution is 5.09. The Balaban J connectivity index is 1.55. The first-order chi connectivity index (χ1) is 11.4. The molecule has 0 spiro atoms. The number of rotatable bonds is 8. The van der Waals surface area contributed by atoms with Gasteiger partial charge in [0.2, 0.25) is 0 Å². The topological polar surface area (TPSA) is 29.5 Å². The predicted molar refractivity (Wildman–Crippen MR) is 99.7 cm³/mol. The first-order valence-electron chi connectivity index (χ1n) is 10.8. The van der Waals surface area contributed by atoms with Gasteiger partial charge in [-0.1, -0.05) is 47.0 Å². The van der Waals surface area contributed by atoms with Crippen LogP contribution < -0.4 is 0 Å². The van der Waals surface area contributed by atoms with Gasteiger partial charge in [-0.2, -0.15) is 0 Å². The summed E-state index contributed by atoms with van der Waals surface area (Å²) in [5.41, 5.74) is 0.617. The van der Waals surface area contributed by atoms with Crippen molar-refractivity contribution in [2.24, 2.45) is 29.1 Å². The SMILES string of the molecule is CCC(CC(C)C)C12CCC(C(O)OC3(CC)CCCC3)CC1C2. The van der Waals surface area contributed by atoms with E-state index in [-0.39, 0.29) is 5.60 Å². The Kier molecular flexibility index (Phi) is 5.67. The van der Waals surface area contributed by atoms with E-state index < -0.39 is 6.29 Å². The molecule has 24 heavy (non-hydrogen) atoms. The van der Waals surface area contributed by atoms with E-state index in [0.29, 0.717) is 11.3 Å². The molecule has 0 aromatic heterocycles. The molecule has 1 N–H and O–H groups in total. The smallest absolute Gasteiger partial charge is 0.158 e. The maximum Gasteiger partial charge on any atom is 0.158 e. The highest BCUT2D eigenvalue weighted by atomic mass is 16.6. The van der Waals surface area contributed by atoms with Gasteiger partial charge < -0.3 is 9.84 Å². The van der Waals surface area contributed by atoms with E-state index in [9.17, 15) is 5.11 Å². The Hall–Kier alpha value is -0.0800. The minimum atomic E-state index is -0.521. The van der Waals surface area contributed by atoms with Crippen molar-refractivity contribution in [1.29, 1.82) is 0 Å². The third-order valence-corrected chi connectivity index (χ3v) is 7.84. The van der Waals surface area contributed by atoms with Crippen molar-refractivity contribution in [3.63, 3.8) is 0 Å². The second-order valence-electron chi connectivity index (χ2n) is 9.66. The summed E-state index contributed by atoms with van der Waals surface area (Å²) in [6.45, 7) is 9.34. The molecular weight excluding hydrogens is 296 g/mol. The first-order valence-corrected chi connectivity index (χ1v) is 10.8. The van der Waals surface area contributed by atoms with Gasteiger partial charge in [0, 0.05) is 5.92 Å². The van der Waals surface area contributed by atoms with E-state index in [1.807, 2.05) is 0 Å². The first kappa shape index (κ1) is 18.7. The summed E-state index contributed by atoms with van der Waals surface area (Å²) >= 11 is 0. The van der Waals surface area contributed by atoms with Gasteiger partial charge in [-0.05, 0) is 74.5 Å². The quantitative estimate of drug-likeness (QED) is 0.557. The summed E-state index contributed by atoms with van der Waals surface area (Å²) in [6, 6.07) is 0. The lowest BCUT2D eigenvalue weighted by Crippen LogP contribution is -2.39. The van der Waals surface area contributed by atoms with Crippen LogP contribution in [0.5, 0.6) is 0 Å². The fourth-order valence-electron chi connectivity index (χ4n) is 6.23. The third kappa shape index (κ3) is 3.56. The summed E-state index contributed by atoms with van der Waals surface area (Å²) in [4.78, 5) is 0. The largest absolute Gasteiger partial charge is 0.368 e. The maximum absolute atomic E-state index is 10.8. The van der Waals surface area contributed by atoms with Crippen molar-refractivity contribution in [3.8, 4) is 0 Å². The molecule has 3 aliphatic rings. The van der Waals surface area contributed by atoms with E-state index >= 15 is 0 Å². The highest BCUT2D eigenvalue weighted by Gasteiger charge is 2.60. The Morgan fingerprint density at radius 3 is 2.38 bits per heavy atom. The van der Waals surface area contributed by atoms with Gasteiger partial charge in [-0.25, -0.2) is 0 Å². The molecule has 0 aromatic rings. The minimum Gasteiger partial charge on any atom is -0.368 e. The highest BCUT2D eigenvalue weighted by Crippen LogP contribution is 2.68. The number of aliphatic hydroxyl groups is 1. The van der Waals surface area contributed by atoms with Gasteiger partial charge >= 0.3 is 0 Å². The van der Waals surface area contributed by atoms with E-state index in [2.05, 4.69) is 27.7 Å². The van der Waals surface area contributed by atoms with Crippen LogP contribution in [-0.2, 0) is 4.74 Å². The van der Waals surface area contributed by atoms with Crippen LogP contribution in [0.25, 0.3) is 0 Å². The molecule has 0 aromatic carbocycles. The van der Waals surface area contributed by atoms with E-state index in [1.165, 1.54) is 51.4 Å². The molecule has 5 atom stereocenters. The van der Waals surface area contributed by atoms with Crippen LogP contribution in [-0.4, -0.2) is 17.0 Å². The van der Waals surface area contributed by atoms with Gasteiger partial charge in [0.15, 0.2) is 6.29 Å². The van der Waals surface area contributed by atoms with Crippen LogP contribution in [0, 0.1) is 29.1 Å². The van der Waals surface area contributed by atoms with E-state index in [1.54, 1.807) is 0 Å². The maximum atomic E-state index is 10.8. The minimum absolute atomic E-state index is 0.0128. The Morgan fingerprint density at radius 1 is 1.12 bits per heavy atom. The molecule has 3 rings (SSSR count). The van der Waals surface area contributed by atoms with Gasteiger partial charge in [0.05, 0.1) is 5.60 Å². The molecule has 3 aliphatic carbocycles. The Bertz CT molecular complexity index is 412. The number of hydrogen-bond acceptors (Lipinski definition) is 2. The number of ether oxygens (including phenoxy) is 1. The van der Waals surface area contributed by atoms with Crippen molar-refractivity contribution < 1.29 is 9.84 Å². The zero-order valence-electron chi connectivity index (χ0n) is 16.5. The third-order valence-electron chi connectivity index (χ3n) is 7.84. The van der Waals surface area contributed by atoms with Crippen LogP contribution in [0.4, 0.5) is 0 Å². The molecule has 3 saturated carbocycles. The lowest BCUT2D eigenvalue weighted by molar-refractivity contribution is -0.214. The van der Waals surface area contributed by atoms with Crippen molar-refractivity contribution in [2.75, 3.05) is 0 Å².